The molecule has 2 aromatic rings. The van der Waals surface area contributed by atoms with E-state index in [0.29, 0.717) is 11.4 Å². The first-order valence-electron chi connectivity index (χ1n) is 7.33. The van der Waals surface area contributed by atoms with Crippen LogP contribution >= 0.6 is 11.6 Å². The molecule has 0 fully saturated rings. The number of halogens is 1. The van der Waals surface area contributed by atoms with Gasteiger partial charge in [0.1, 0.15) is 5.78 Å². The largest absolute Gasteiger partial charge is 0.389 e. The van der Waals surface area contributed by atoms with Gasteiger partial charge in [0, 0.05) is 28.6 Å². The monoisotopic (exact) mass is 318 g/mol. The number of aromatic amines is 1. The normalized spacial score (nSPS) is 27.5. The van der Waals surface area contributed by atoms with Gasteiger partial charge in [-0.3, -0.25) is 9.89 Å². The van der Waals surface area contributed by atoms with Crippen LogP contribution in [0.15, 0.2) is 24.3 Å². The zero-order valence-corrected chi connectivity index (χ0v) is 13.6. The first-order chi connectivity index (χ1) is 10.3. The number of hydrogen-bond donors (Lipinski definition) is 2. The Morgan fingerprint density at radius 2 is 2.05 bits per heavy atom. The van der Waals surface area contributed by atoms with Crippen molar-refractivity contribution in [3.8, 4) is 0 Å². The van der Waals surface area contributed by atoms with Crippen LogP contribution in [-0.2, 0) is 11.2 Å². The highest BCUT2D eigenvalue weighted by Gasteiger charge is 2.48. The molecule has 0 saturated heterocycles. The lowest BCUT2D eigenvalue weighted by molar-refractivity contribution is -0.130. The Morgan fingerprint density at radius 1 is 1.41 bits per heavy atom. The smallest absolute Gasteiger partial charge is 0.136 e. The molecule has 3 rings (SSSR count). The number of H-pyrrole nitrogens is 1. The summed E-state index contributed by atoms with van der Waals surface area (Å²) in [4.78, 5) is 12.3. The van der Waals surface area contributed by atoms with E-state index in [1.807, 2.05) is 31.2 Å². The second kappa shape index (κ2) is 5.21. The molecule has 0 amide bonds. The zero-order chi connectivity index (χ0) is 16.1. The molecule has 1 heterocycles. The van der Waals surface area contributed by atoms with Crippen molar-refractivity contribution in [2.45, 2.75) is 38.7 Å². The Kier molecular flexibility index (Phi) is 3.62. The van der Waals surface area contributed by atoms with E-state index in [1.165, 1.54) is 0 Å². The summed E-state index contributed by atoms with van der Waals surface area (Å²) in [5.41, 5.74) is 2.64. The Morgan fingerprint density at radius 3 is 2.64 bits per heavy atom. The van der Waals surface area contributed by atoms with Crippen molar-refractivity contribution in [1.82, 2.24) is 10.2 Å². The van der Waals surface area contributed by atoms with Gasteiger partial charge in [0.2, 0.25) is 0 Å². The third kappa shape index (κ3) is 2.36. The lowest BCUT2D eigenvalue weighted by atomic mass is 9.64. The molecule has 1 aromatic carbocycles. The van der Waals surface area contributed by atoms with E-state index < -0.39 is 11.5 Å². The van der Waals surface area contributed by atoms with Gasteiger partial charge in [-0.2, -0.15) is 5.10 Å². The summed E-state index contributed by atoms with van der Waals surface area (Å²) in [5, 5.41) is 18.8. The van der Waals surface area contributed by atoms with Crippen LogP contribution in [0.5, 0.6) is 0 Å². The van der Waals surface area contributed by atoms with Crippen LogP contribution in [0.3, 0.4) is 0 Å². The van der Waals surface area contributed by atoms with Crippen LogP contribution < -0.4 is 0 Å². The second-order valence-electron chi connectivity index (χ2n) is 6.36. The maximum atomic E-state index is 12.3. The van der Waals surface area contributed by atoms with Crippen molar-refractivity contribution in [1.29, 1.82) is 0 Å². The molecule has 0 unspecified atom stereocenters. The number of aromatic nitrogens is 2. The number of nitrogens with one attached hydrogen (secondary N) is 1. The number of carbonyl (C=O) groups is 1. The van der Waals surface area contributed by atoms with E-state index in [4.69, 9.17) is 11.6 Å². The van der Waals surface area contributed by atoms with Crippen LogP contribution in [0.4, 0.5) is 0 Å². The van der Waals surface area contributed by atoms with Gasteiger partial charge < -0.3 is 5.11 Å². The molecule has 22 heavy (non-hydrogen) atoms. The maximum absolute atomic E-state index is 12.3. The standard InChI is InChI=1S/C17H19ClN2O2/c1-9-14-13(20-19-9)8-17(3,22)16(10(2)21)15(14)11-4-6-12(18)7-5-11/h4-7,15-16,22H,8H2,1-3H3,(H,19,20)/t15-,16-,17+/m1/s1. The number of fused-ring (bicyclic) bond motifs is 1. The summed E-state index contributed by atoms with van der Waals surface area (Å²) in [6.07, 6.45) is 0.376. The van der Waals surface area contributed by atoms with Crippen molar-refractivity contribution in [3.63, 3.8) is 0 Å². The molecule has 4 nitrogen and oxygen atoms in total. The van der Waals surface area contributed by atoms with E-state index in [-0.39, 0.29) is 11.7 Å². The third-order valence-corrected chi connectivity index (χ3v) is 4.83. The van der Waals surface area contributed by atoms with Crippen LogP contribution in [0.2, 0.25) is 5.02 Å². The van der Waals surface area contributed by atoms with Crippen molar-refractivity contribution >= 4 is 17.4 Å². The van der Waals surface area contributed by atoms with E-state index in [9.17, 15) is 9.90 Å². The third-order valence-electron chi connectivity index (χ3n) is 4.58. The van der Waals surface area contributed by atoms with Crippen LogP contribution in [0.25, 0.3) is 0 Å². The van der Waals surface area contributed by atoms with Crippen LogP contribution in [0, 0.1) is 12.8 Å². The fraction of sp³-hybridized carbons (Fsp3) is 0.412. The molecule has 0 radical (unpaired) electrons. The van der Waals surface area contributed by atoms with E-state index >= 15 is 0 Å². The van der Waals surface area contributed by atoms with Crippen molar-refractivity contribution in [2.24, 2.45) is 5.92 Å². The molecule has 2 N–H and O–H groups in total. The molecule has 0 saturated carbocycles. The fourth-order valence-electron chi connectivity index (χ4n) is 3.71. The minimum atomic E-state index is -1.12. The summed E-state index contributed by atoms with van der Waals surface area (Å²) in [6, 6.07) is 7.46. The predicted octanol–water partition coefficient (Wildman–Crippen LogP) is 3.02. The molecular formula is C17H19ClN2O2. The first-order valence-corrected chi connectivity index (χ1v) is 7.71. The van der Waals surface area contributed by atoms with Gasteiger partial charge in [-0.15, -0.1) is 0 Å². The van der Waals surface area contributed by atoms with Gasteiger partial charge in [-0.25, -0.2) is 0 Å². The van der Waals surface area contributed by atoms with Crippen molar-refractivity contribution < 1.29 is 9.90 Å². The summed E-state index contributed by atoms with van der Waals surface area (Å²) >= 11 is 5.98. The molecule has 0 spiro atoms. The van der Waals surface area contributed by atoms with E-state index in [0.717, 1.165) is 22.5 Å². The van der Waals surface area contributed by atoms with Crippen molar-refractivity contribution in [3.05, 3.63) is 51.8 Å². The van der Waals surface area contributed by atoms with Gasteiger partial charge in [-0.1, -0.05) is 23.7 Å². The molecule has 5 heteroatoms. The average Bonchev–Trinajstić information content (AvgIpc) is 2.77. The zero-order valence-electron chi connectivity index (χ0n) is 12.9. The van der Waals surface area contributed by atoms with E-state index in [2.05, 4.69) is 10.2 Å². The maximum Gasteiger partial charge on any atom is 0.136 e. The molecule has 0 aliphatic heterocycles. The number of carbonyl (C=O) groups excluding carboxylic acids is 1. The van der Waals surface area contributed by atoms with Gasteiger partial charge >= 0.3 is 0 Å². The number of benzene rings is 1. The molecule has 1 aliphatic carbocycles. The molecule has 1 aliphatic rings. The van der Waals surface area contributed by atoms with Crippen molar-refractivity contribution in [2.75, 3.05) is 0 Å². The number of rotatable bonds is 2. The fourth-order valence-corrected chi connectivity index (χ4v) is 3.84. The highest BCUT2D eigenvalue weighted by Crippen LogP contribution is 2.46. The Labute approximate surface area is 134 Å². The molecule has 1 aromatic heterocycles. The SMILES string of the molecule is CC(=O)[C@@H]1[C@H](c2ccc(Cl)cc2)c2c(n[nH]c2C)C[C@]1(C)O. The summed E-state index contributed by atoms with van der Waals surface area (Å²) < 4.78 is 0. The second-order valence-corrected chi connectivity index (χ2v) is 6.80. The lowest BCUT2D eigenvalue weighted by Crippen LogP contribution is -2.48. The van der Waals surface area contributed by atoms with Gasteiger partial charge in [-0.05, 0) is 38.5 Å². The van der Waals surface area contributed by atoms with Gasteiger partial charge in [0.05, 0.1) is 17.2 Å². The number of aryl methyl sites for hydroxylation is 1. The summed E-state index contributed by atoms with van der Waals surface area (Å²) in [6.45, 7) is 5.21. The minimum Gasteiger partial charge on any atom is -0.389 e. The average molecular weight is 319 g/mol. The molecule has 0 bridgehead atoms. The molecule has 3 atom stereocenters. The van der Waals surface area contributed by atoms with Crippen LogP contribution in [0.1, 0.15) is 42.3 Å². The highest BCUT2D eigenvalue weighted by molar-refractivity contribution is 6.30. The highest BCUT2D eigenvalue weighted by atomic mass is 35.5. The van der Waals surface area contributed by atoms with E-state index in [1.54, 1.807) is 13.8 Å². The minimum absolute atomic E-state index is 0.0174. The van der Waals surface area contributed by atoms with Gasteiger partial charge in [0.15, 0.2) is 0 Å². The quantitative estimate of drug-likeness (QED) is 0.894. The number of hydrogen-bond acceptors (Lipinski definition) is 3. The number of aliphatic hydroxyl groups is 1. The lowest BCUT2D eigenvalue weighted by Gasteiger charge is -2.41. The summed E-state index contributed by atoms with van der Waals surface area (Å²) in [5.74, 6) is -0.735. The molecular weight excluding hydrogens is 300 g/mol. The topological polar surface area (TPSA) is 66.0 Å². The predicted molar refractivity (Wildman–Crippen MR) is 85.1 cm³/mol. The number of Topliss-reactive ketones (excluding diaryl/α,β-unsaturated/α-hetero) is 1. The Hall–Kier alpha value is -1.65. The molecule has 116 valence electrons. The summed E-state index contributed by atoms with van der Waals surface area (Å²) in [7, 11) is 0. The van der Waals surface area contributed by atoms with Crippen LogP contribution in [-0.4, -0.2) is 26.7 Å². The Balaban J connectivity index is 2.23. The Bertz CT molecular complexity index is 719. The number of nitrogens with zero attached hydrogens (tertiary/aromatic N) is 1. The first kappa shape index (κ1) is 15.3. The number of ketones is 1. The van der Waals surface area contributed by atoms with Gasteiger partial charge in [0.25, 0.3) is 0 Å².